The van der Waals surface area contributed by atoms with Crippen molar-refractivity contribution in [2.45, 2.75) is 13.8 Å². The molecule has 0 heterocycles. The molecule has 0 atom stereocenters. The number of hydrogen-bond acceptors (Lipinski definition) is 0. The van der Waals surface area contributed by atoms with Crippen molar-refractivity contribution in [2.24, 2.45) is 0 Å². The number of hydrogen-bond donors (Lipinski definition) is 0. The minimum atomic E-state index is 1.11. The van der Waals surface area contributed by atoms with Crippen molar-refractivity contribution in [1.82, 2.24) is 0 Å². The van der Waals surface area contributed by atoms with E-state index >= 15 is 0 Å². The molecule has 0 aromatic heterocycles. The summed E-state index contributed by atoms with van der Waals surface area (Å²) in [6, 6.07) is 21.3. The maximum Gasteiger partial charge on any atom is 0.0260 e. The van der Waals surface area contributed by atoms with Gasteiger partial charge >= 0.3 is 0 Å². The first-order valence-corrected chi connectivity index (χ1v) is 8.77. The van der Waals surface area contributed by atoms with Crippen LogP contribution in [-0.2, 0) is 0 Å². The summed E-state index contributed by atoms with van der Waals surface area (Å²) in [5.41, 5.74) is 7.49. The molecule has 3 aromatic rings. The van der Waals surface area contributed by atoms with Gasteiger partial charge in [-0.3, -0.25) is 0 Å². The highest BCUT2D eigenvalue weighted by atomic mass is 79.9. The van der Waals surface area contributed by atoms with Crippen molar-refractivity contribution >= 4 is 31.9 Å². The van der Waals surface area contributed by atoms with Gasteiger partial charge in [-0.2, -0.15) is 0 Å². The predicted molar refractivity (Wildman–Crippen MR) is 102 cm³/mol. The zero-order chi connectivity index (χ0) is 15.7. The topological polar surface area (TPSA) is 0 Å². The second kappa shape index (κ2) is 6.39. The first-order valence-electron chi connectivity index (χ1n) is 7.19. The van der Waals surface area contributed by atoms with Crippen molar-refractivity contribution in [2.75, 3.05) is 0 Å². The summed E-state index contributed by atoms with van der Waals surface area (Å²) >= 11 is 7.51. The van der Waals surface area contributed by atoms with E-state index in [4.69, 9.17) is 0 Å². The number of rotatable bonds is 2. The summed E-state index contributed by atoms with van der Waals surface area (Å²) in [6.45, 7) is 4.29. The van der Waals surface area contributed by atoms with E-state index in [2.05, 4.69) is 106 Å². The maximum absolute atomic E-state index is 3.75. The molecule has 110 valence electrons. The predicted octanol–water partition coefficient (Wildman–Crippen LogP) is 7.16. The van der Waals surface area contributed by atoms with Crippen LogP contribution in [0, 0.1) is 13.8 Å². The van der Waals surface area contributed by atoms with Gasteiger partial charge in [-0.15, -0.1) is 0 Å². The Kier molecular flexibility index (Phi) is 4.51. The van der Waals surface area contributed by atoms with Crippen molar-refractivity contribution < 1.29 is 0 Å². The summed E-state index contributed by atoms with van der Waals surface area (Å²) < 4.78 is 2.23. The van der Waals surface area contributed by atoms with E-state index in [9.17, 15) is 0 Å². The molecule has 0 amide bonds. The van der Waals surface area contributed by atoms with Gasteiger partial charge < -0.3 is 0 Å². The molecule has 22 heavy (non-hydrogen) atoms. The van der Waals surface area contributed by atoms with E-state index in [0.29, 0.717) is 0 Å². The maximum atomic E-state index is 3.75. The van der Waals surface area contributed by atoms with Crippen LogP contribution in [-0.4, -0.2) is 0 Å². The molecule has 3 aromatic carbocycles. The quantitative estimate of drug-likeness (QED) is 0.416. The summed E-state index contributed by atoms with van der Waals surface area (Å²) in [5, 5.41) is 0. The second-order valence-corrected chi connectivity index (χ2v) is 7.15. The molecule has 0 saturated heterocycles. The smallest absolute Gasteiger partial charge is 0.0260 e. The molecular weight excluding hydrogens is 400 g/mol. The van der Waals surface area contributed by atoms with Crippen LogP contribution in [0.3, 0.4) is 0 Å². The molecule has 2 heteroatoms. The fourth-order valence-electron chi connectivity index (χ4n) is 2.71. The summed E-state index contributed by atoms with van der Waals surface area (Å²) in [7, 11) is 0. The highest BCUT2D eigenvalue weighted by molar-refractivity contribution is 9.11. The van der Waals surface area contributed by atoms with Gasteiger partial charge in [-0.05, 0) is 59.4 Å². The van der Waals surface area contributed by atoms with Crippen LogP contribution in [0.1, 0.15) is 11.1 Å². The average molecular weight is 416 g/mol. The lowest BCUT2D eigenvalue weighted by atomic mass is 9.96. The van der Waals surface area contributed by atoms with E-state index in [-0.39, 0.29) is 0 Å². The summed E-state index contributed by atoms with van der Waals surface area (Å²) in [6.07, 6.45) is 0. The summed E-state index contributed by atoms with van der Waals surface area (Å²) in [5.74, 6) is 0. The Hall–Kier alpha value is -1.38. The number of aryl methyl sites for hydroxylation is 2. The highest BCUT2D eigenvalue weighted by Gasteiger charge is 2.12. The Morgan fingerprint density at radius 3 is 1.27 bits per heavy atom. The van der Waals surface area contributed by atoms with Gasteiger partial charge in [0.15, 0.2) is 0 Å². The Morgan fingerprint density at radius 2 is 0.909 bits per heavy atom. The van der Waals surface area contributed by atoms with Gasteiger partial charge in [0.2, 0.25) is 0 Å². The van der Waals surface area contributed by atoms with Crippen molar-refractivity contribution in [3.63, 3.8) is 0 Å². The van der Waals surface area contributed by atoms with Gasteiger partial charge in [0.1, 0.15) is 0 Å². The molecule has 3 rings (SSSR count). The molecular formula is C20H16Br2. The Labute approximate surface area is 148 Å². The molecule has 0 bridgehead atoms. The van der Waals surface area contributed by atoms with E-state index in [1.54, 1.807) is 0 Å². The van der Waals surface area contributed by atoms with Gasteiger partial charge in [-0.25, -0.2) is 0 Å². The Morgan fingerprint density at radius 1 is 0.545 bits per heavy atom. The van der Waals surface area contributed by atoms with Crippen molar-refractivity contribution in [3.8, 4) is 22.3 Å². The van der Waals surface area contributed by atoms with Crippen molar-refractivity contribution in [1.29, 1.82) is 0 Å². The third-order valence-electron chi connectivity index (χ3n) is 3.93. The van der Waals surface area contributed by atoms with Crippen LogP contribution < -0.4 is 0 Å². The molecule has 0 aliphatic heterocycles. The largest absolute Gasteiger partial charge is 0.0620 e. The van der Waals surface area contributed by atoms with Crippen LogP contribution in [0.25, 0.3) is 22.3 Å². The van der Waals surface area contributed by atoms with Crippen LogP contribution in [0.5, 0.6) is 0 Å². The van der Waals surface area contributed by atoms with E-state index in [0.717, 1.165) is 8.95 Å². The van der Waals surface area contributed by atoms with Gasteiger partial charge in [0.25, 0.3) is 0 Å². The Bertz CT molecular complexity index is 764. The molecule has 0 aliphatic rings. The minimum Gasteiger partial charge on any atom is -0.0620 e. The SMILES string of the molecule is Cc1ccccc1-c1cc(Br)c(-c2ccccc2C)cc1Br. The zero-order valence-corrected chi connectivity index (χ0v) is 15.7. The van der Waals surface area contributed by atoms with Crippen molar-refractivity contribution in [3.05, 3.63) is 80.7 Å². The molecule has 0 radical (unpaired) electrons. The molecule has 0 unspecified atom stereocenters. The molecule has 0 aliphatic carbocycles. The zero-order valence-electron chi connectivity index (χ0n) is 12.5. The fourth-order valence-corrected chi connectivity index (χ4v) is 3.82. The lowest BCUT2D eigenvalue weighted by Gasteiger charge is -2.14. The van der Waals surface area contributed by atoms with E-state index in [1.165, 1.54) is 33.4 Å². The van der Waals surface area contributed by atoms with Gasteiger partial charge in [0.05, 0.1) is 0 Å². The average Bonchev–Trinajstić information content (AvgIpc) is 2.51. The number of benzene rings is 3. The fraction of sp³-hybridized carbons (Fsp3) is 0.100. The monoisotopic (exact) mass is 414 g/mol. The minimum absolute atomic E-state index is 1.11. The molecule has 0 saturated carbocycles. The molecule has 0 nitrogen and oxygen atoms in total. The lowest BCUT2D eigenvalue weighted by Crippen LogP contribution is -1.89. The first-order chi connectivity index (χ1) is 10.6. The van der Waals surface area contributed by atoms with Gasteiger partial charge in [-0.1, -0.05) is 80.4 Å². The lowest BCUT2D eigenvalue weighted by molar-refractivity contribution is 1.42. The van der Waals surface area contributed by atoms with Crippen LogP contribution in [0.15, 0.2) is 69.6 Å². The van der Waals surface area contributed by atoms with Crippen LogP contribution >= 0.6 is 31.9 Å². The van der Waals surface area contributed by atoms with Crippen LogP contribution in [0.2, 0.25) is 0 Å². The third-order valence-corrected chi connectivity index (χ3v) is 5.24. The number of halogens is 2. The third kappa shape index (κ3) is 2.90. The van der Waals surface area contributed by atoms with E-state index in [1.807, 2.05) is 0 Å². The van der Waals surface area contributed by atoms with Crippen LogP contribution in [0.4, 0.5) is 0 Å². The summed E-state index contributed by atoms with van der Waals surface area (Å²) in [4.78, 5) is 0. The van der Waals surface area contributed by atoms with Gasteiger partial charge in [0, 0.05) is 8.95 Å². The normalized spacial score (nSPS) is 10.7. The Balaban J connectivity index is 2.18. The highest BCUT2D eigenvalue weighted by Crippen LogP contribution is 2.39. The first kappa shape index (κ1) is 15.5. The van der Waals surface area contributed by atoms with E-state index < -0.39 is 0 Å². The standard InChI is InChI=1S/C20H16Br2/c1-13-7-3-5-9-15(13)17-11-20(22)18(12-19(17)21)16-10-6-4-8-14(16)2/h3-12H,1-2H3. The molecule has 0 N–H and O–H groups in total. The second-order valence-electron chi connectivity index (χ2n) is 5.44. The molecule has 0 fully saturated rings. The molecule has 0 spiro atoms.